The third-order valence-electron chi connectivity index (χ3n) is 6.57. The summed E-state index contributed by atoms with van der Waals surface area (Å²) in [5, 5.41) is 29.4. The first-order chi connectivity index (χ1) is 16.6. The van der Waals surface area contributed by atoms with Gasteiger partial charge in [-0.1, -0.05) is 53.7 Å². The molecule has 178 valence electrons. The molecule has 9 heteroatoms. The fourth-order valence-corrected chi connectivity index (χ4v) is 4.61. The lowest BCUT2D eigenvalue weighted by Gasteiger charge is -2.36. The normalized spacial score (nSPS) is 25.0. The topological polar surface area (TPSA) is 104 Å². The highest BCUT2D eigenvalue weighted by Gasteiger charge is 2.44. The van der Waals surface area contributed by atoms with Crippen molar-refractivity contribution in [2.24, 2.45) is 0 Å². The van der Waals surface area contributed by atoms with Gasteiger partial charge in [0.15, 0.2) is 0 Å². The van der Waals surface area contributed by atoms with Crippen LogP contribution >= 0.6 is 0 Å². The summed E-state index contributed by atoms with van der Waals surface area (Å²) < 4.78 is 7.50. The summed E-state index contributed by atoms with van der Waals surface area (Å²) in [6.07, 6.45) is -1.84. The van der Waals surface area contributed by atoms with Crippen LogP contribution in [-0.4, -0.2) is 86.6 Å². The lowest BCUT2D eigenvalue weighted by Crippen LogP contribution is -2.49. The maximum Gasteiger partial charge on any atom is 0.225 e. The number of nitrogens with zero attached hydrogens (tertiary/aromatic N) is 5. The Hall–Kier alpha value is -3.27. The number of aliphatic hydroxyl groups excluding tert-OH is 2. The molecule has 0 spiro atoms. The van der Waals surface area contributed by atoms with Gasteiger partial charge in [-0.15, -0.1) is 5.10 Å². The van der Waals surface area contributed by atoms with Crippen LogP contribution in [0.4, 0.5) is 5.69 Å². The molecule has 2 aromatic carbocycles. The number of piperazine rings is 1. The zero-order valence-corrected chi connectivity index (χ0v) is 18.8. The zero-order chi connectivity index (χ0) is 23.5. The van der Waals surface area contributed by atoms with Gasteiger partial charge < -0.3 is 24.7 Å². The molecule has 1 amide bonds. The van der Waals surface area contributed by atoms with E-state index in [2.05, 4.69) is 27.3 Å². The number of carbonyl (C=O) groups is 1. The number of anilines is 1. The smallest absolute Gasteiger partial charge is 0.225 e. The summed E-state index contributed by atoms with van der Waals surface area (Å²) in [5.41, 5.74) is 2.81. The molecule has 2 saturated heterocycles. The van der Waals surface area contributed by atoms with Crippen molar-refractivity contribution in [2.45, 2.75) is 37.4 Å². The standard InChI is InChI=1S/C25H29N5O4/c31-23(29-13-11-28(12-14-29)19-9-5-2-6-10-19)15-21-24(32)25(33)22(34-21)17-30-16-20(26-27-30)18-7-3-1-4-8-18/h1-10,16,21-22,24-25,32-33H,11-15,17H2/t21-,22+,24-,25+/m0/s1. The third-order valence-corrected chi connectivity index (χ3v) is 6.57. The molecule has 4 atom stereocenters. The molecular formula is C25H29N5O4. The van der Waals surface area contributed by atoms with Crippen LogP contribution in [0.1, 0.15) is 6.42 Å². The number of ether oxygens (including phenoxy) is 1. The predicted octanol–water partition coefficient (Wildman–Crippen LogP) is 1.17. The predicted molar refractivity (Wildman–Crippen MR) is 126 cm³/mol. The maximum absolute atomic E-state index is 12.9. The Bertz CT molecular complexity index is 1080. The molecule has 0 saturated carbocycles. The number of amides is 1. The van der Waals surface area contributed by atoms with Crippen molar-refractivity contribution in [2.75, 3.05) is 31.1 Å². The van der Waals surface area contributed by atoms with Crippen LogP contribution in [-0.2, 0) is 16.1 Å². The number of aromatic nitrogens is 3. The second-order valence-electron chi connectivity index (χ2n) is 8.79. The van der Waals surface area contributed by atoms with Crippen LogP contribution in [0, 0.1) is 0 Å². The average Bonchev–Trinajstić information content (AvgIpc) is 3.46. The van der Waals surface area contributed by atoms with Crippen LogP contribution in [0.5, 0.6) is 0 Å². The minimum absolute atomic E-state index is 0.0344. The first-order valence-electron chi connectivity index (χ1n) is 11.6. The van der Waals surface area contributed by atoms with Crippen LogP contribution in [0.25, 0.3) is 11.3 Å². The lowest BCUT2D eigenvalue weighted by atomic mass is 10.0. The summed E-state index contributed by atoms with van der Waals surface area (Å²) in [6, 6.07) is 19.8. The van der Waals surface area contributed by atoms with E-state index in [0.29, 0.717) is 13.1 Å². The largest absolute Gasteiger partial charge is 0.388 e. The van der Waals surface area contributed by atoms with Crippen molar-refractivity contribution in [3.05, 3.63) is 66.9 Å². The molecular weight excluding hydrogens is 434 g/mol. The van der Waals surface area contributed by atoms with Crippen molar-refractivity contribution in [1.82, 2.24) is 19.9 Å². The second-order valence-corrected chi connectivity index (χ2v) is 8.79. The molecule has 1 aromatic heterocycles. The lowest BCUT2D eigenvalue weighted by molar-refractivity contribution is -0.135. The van der Waals surface area contributed by atoms with Crippen molar-refractivity contribution in [3.63, 3.8) is 0 Å². The number of rotatable bonds is 6. The molecule has 3 aromatic rings. The quantitative estimate of drug-likeness (QED) is 0.566. The monoisotopic (exact) mass is 463 g/mol. The van der Waals surface area contributed by atoms with E-state index in [-0.39, 0.29) is 18.9 Å². The van der Waals surface area contributed by atoms with Crippen molar-refractivity contribution in [3.8, 4) is 11.3 Å². The fourth-order valence-electron chi connectivity index (χ4n) is 4.61. The van der Waals surface area contributed by atoms with Gasteiger partial charge in [0.2, 0.25) is 5.91 Å². The van der Waals surface area contributed by atoms with Crippen LogP contribution in [0.3, 0.4) is 0 Å². The first kappa shape index (κ1) is 22.5. The number of carbonyl (C=O) groups excluding carboxylic acids is 1. The van der Waals surface area contributed by atoms with Gasteiger partial charge in [0.25, 0.3) is 0 Å². The van der Waals surface area contributed by atoms with E-state index in [1.165, 1.54) is 0 Å². The SMILES string of the molecule is O=C(C[C@@H]1O[C@H](Cn2cc(-c3ccccc3)nn2)[C@@H](O)[C@H]1O)N1CCN(c2ccccc2)CC1. The van der Waals surface area contributed by atoms with E-state index in [9.17, 15) is 15.0 Å². The van der Waals surface area contributed by atoms with Gasteiger partial charge in [-0.05, 0) is 12.1 Å². The summed E-state index contributed by atoms with van der Waals surface area (Å²) >= 11 is 0. The Balaban J connectivity index is 1.14. The van der Waals surface area contributed by atoms with Gasteiger partial charge >= 0.3 is 0 Å². The van der Waals surface area contributed by atoms with E-state index in [4.69, 9.17) is 4.74 Å². The van der Waals surface area contributed by atoms with Crippen molar-refractivity contribution >= 4 is 11.6 Å². The van der Waals surface area contributed by atoms with E-state index < -0.39 is 24.4 Å². The molecule has 9 nitrogen and oxygen atoms in total. The Morgan fingerprint density at radius 1 is 0.912 bits per heavy atom. The average molecular weight is 464 g/mol. The molecule has 0 aliphatic carbocycles. The van der Waals surface area contributed by atoms with Gasteiger partial charge in [-0.3, -0.25) is 4.79 Å². The molecule has 2 N–H and O–H groups in total. The van der Waals surface area contributed by atoms with Gasteiger partial charge in [0.1, 0.15) is 24.0 Å². The molecule has 0 bridgehead atoms. The molecule has 34 heavy (non-hydrogen) atoms. The Morgan fingerprint density at radius 2 is 1.56 bits per heavy atom. The van der Waals surface area contributed by atoms with Gasteiger partial charge in [0, 0.05) is 37.4 Å². The van der Waals surface area contributed by atoms with E-state index >= 15 is 0 Å². The summed E-state index contributed by atoms with van der Waals surface area (Å²) in [5.74, 6) is -0.0725. The second kappa shape index (κ2) is 9.92. The third kappa shape index (κ3) is 4.82. The van der Waals surface area contributed by atoms with Gasteiger partial charge in [0.05, 0.1) is 25.3 Å². The molecule has 0 radical (unpaired) electrons. The molecule has 2 aliphatic heterocycles. The fraction of sp³-hybridized carbons (Fsp3) is 0.400. The highest BCUT2D eigenvalue weighted by Crippen LogP contribution is 2.26. The summed E-state index contributed by atoms with van der Waals surface area (Å²) in [7, 11) is 0. The number of aliphatic hydroxyl groups is 2. The minimum Gasteiger partial charge on any atom is -0.388 e. The Labute approximate surface area is 198 Å². The van der Waals surface area contributed by atoms with E-state index in [1.807, 2.05) is 48.5 Å². The number of hydrogen-bond acceptors (Lipinski definition) is 7. The molecule has 0 unspecified atom stereocenters. The number of hydrogen-bond donors (Lipinski definition) is 2. The van der Waals surface area contributed by atoms with E-state index in [0.717, 1.165) is 30.0 Å². The Morgan fingerprint density at radius 3 is 2.26 bits per heavy atom. The zero-order valence-electron chi connectivity index (χ0n) is 18.8. The van der Waals surface area contributed by atoms with Crippen LogP contribution < -0.4 is 4.90 Å². The number of para-hydroxylation sites is 1. The maximum atomic E-state index is 12.9. The van der Waals surface area contributed by atoms with Gasteiger partial charge in [-0.2, -0.15) is 0 Å². The molecule has 2 aliphatic rings. The summed E-state index contributed by atoms with van der Waals surface area (Å²) in [4.78, 5) is 16.9. The van der Waals surface area contributed by atoms with Crippen molar-refractivity contribution < 1.29 is 19.7 Å². The number of benzene rings is 2. The Kier molecular flexibility index (Phi) is 6.57. The summed E-state index contributed by atoms with van der Waals surface area (Å²) in [6.45, 7) is 2.97. The van der Waals surface area contributed by atoms with Crippen molar-refractivity contribution in [1.29, 1.82) is 0 Å². The molecule has 3 heterocycles. The van der Waals surface area contributed by atoms with Crippen LogP contribution in [0.2, 0.25) is 0 Å². The highest BCUT2D eigenvalue weighted by molar-refractivity contribution is 5.77. The molecule has 2 fully saturated rings. The van der Waals surface area contributed by atoms with Gasteiger partial charge in [-0.25, -0.2) is 4.68 Å². The van der Waals surface area contributed by atoms with E-state index in [1.54, 1.807) is 15.8 Å². The van der Waals surface area contributed by atoms with Crippen LogP contribution in [0.15, 0.2) is 66.9 Å². The first-order valence-corrected chi connectivity index (χ1v) is 11.6. The minimum atomic E-state index is -1.13. The molecule has 5 rings (SSSR count). The highest BCUT2D eigenvalue weighted by atomic mass is 16.5.